The molecular weight excluding hydrogens is 490 g/mol. The maximum absolute atomic E-state index is 13.7. The van der Waals surface area contributed by atoms with E-state index in [1.54, 1.807) is 47.4 Å². The third-order valence-corrected chi connectivity index (χ3v) is 8.02. The standard InChI is InChI=1S/C28H31N3O5S/c1-20-8-11-23(12-9-20)37(34,35)31(26-13-10-21(2)18-22(26)3)19-27(32)29-25-7-5-4-6-24(25)28(33)30-14-16-36-17-15-30/h4-13,18H,14-17,19H2,1-3H3,(H,29,32). The minimum atomic E-state index is -4.05. The van der Waals surface area contributed by atoms with Crippen LogP contribution in [0.4, 0.5) is 11.4 Å². The Morgan fingerprint density at radius 3 is 2.24 bits per heavy atom. The van der Waals surface area contributed by atoms with Gasteiger partial charge >= 0.3 is 0 Å². The van der Waals surface area contributed by atoms with E-state index in [-0.39, 0.29) is 10.8 Å². The summed E-state index contributed by atoms with van der Waals surface area (Å²) in [6.07, 6.45) is 0. The summed E-state index contributed by atoms with van der Waals surface area (Å²) in [5, 5.41) is 2.77. The van der Waals surface area contributed by atoms with E-state index < -0.39 is 22.5 Å². The second-order valence-corrected chi connectivity index (χ2v) is 11.0. The molecule has 1 aliphatic rings. The number of sulfonamides is 1. The van der Waals surface area contributed by atoms with E-state index in [1.807, 2.05) is 32.9 Å². The molecule has 0 aliphatic carbocycles. The zero-order chi connectivity index (χ0) is 26.6. The van der Waals surface area contributed by atoms with Gasteiger partial charge in [-0.1, -0.05) is 47.5 Å². The van der Waals surface area contributed by atoms with Gasteiger partial charge in [0.05, 0.1) is 35.0 Å². The fourth-order valence-corrected chi connectivity index (χ4v) is 5.74. The first-order valence-electron chi connectivity index (χ1n) is 12.1. The van der Waals surface area contributed by atoms with Crippen molar-refractivity contribution in [2.24, 2.45) is 0 Å². The number of benzene rings is 3. The number of hydrogen-bond acceptors (Lipinski definition) is 5. The lowest BCUT2D eigenvalue weighted by molar-refractivity contribution is -0.114. The Bertz CT molecular complexity index is 1400. The molecule has 0 aromatic heterocycles. The van der Waals surface area contributed by atoms with Gasteiger partial charge in [-0.3, -0.25) is 13.9 Å². The average Bonchev–Trinajstić information content (AvgIpc) is 2.88. The van der Waals surface area contributed by atoms with Gasteiger partial charge in [0.25, 0.3) is 15.9 Å². The molecule has 4 rings (SSSR count). The fourth-order valence-electron chi connectivity index (χ4n) is 4.26. The van der Waals surface area contributed by atoms with Crippen LogP contribution in [0.5, 0.6) is 0 Å². The summed E-state index contributed by atoms with van der Waals surface area (Å²) in [5.41, 5.74) is 3.73. The Morgan fingerprint density at radius 1 is 0.919 bits per heavy atom. The Kier molecular flexibility index (Phi) is 7.94. The number of hydrogen-bond donors (Lipinski definition) is 1. The van der Waals surface area contributed by atoms with E-state index >= 15 is 0 Å². The zero-order valence-electron chi connectivity index (χ0n) is 21.2. The van der Waals surface area contributed by atoms with Crippen molar-refractivity contribution in [2.45, 2.75) is 25.7 Å². The highest BCUT2D eigenvalue weighted by atomic mass is 32.2. The quantitative estimate of drug-likeness (QED) is 0.509. The summed E-state index contributed by atoms with van der Waals surface area (Å²) in [4.78, 5) is 28.2. The van der Waals surface area contributed by atoms with Gasteiger partial charge in [0.1, 0.15) is 6.54 Å². The monoisotopic (exact) mass is 521 g/mol. The van der Waals surface area contributed by atoms with E-state index in [2.05, 4.69) is 5.32 Å². The number of nitrogens with one attached hydrogen (secondary N) is 1. The lowest BCUT2D eigenvalue weighted by Gasteiger charge is -2.28. The Balaban J connectivity index is 1.64. The number of aryl methyl sites for hydroxylation is 3. The first-order valence-corrected chi connectivity index (χ1v) is 13.5. The molecule has 0 bridgehead atoms. The molecule has 2 amide bonds. The van der Waals surface area contributed by atoms with Crippen LogP contribution in [-0.2, 0) is 19.6 Å². The highest BCUT2D eigenvalue weighted by Gasteiger charge is 2.29. The lowest BCUT2D eigenvalue weighted by Crippen LogP contribution is -2.41. The van der Waals surface area contributed by atoms with Crippen molar-refractivity contribution in [1.29, 1.82) is 0 Å². The molecule has 0 unspecified atom stereocenters. The summed E-state index contributed by atoms with van der Waals surface area (Å²) in [6.45, 7) is 7.01. The maximum atomic E-state index is 13.7. The highest BCUT2D eigenvalue weighted by Crippen LogP contribution is 2.28. The van der Waals surface area contributed by atoms with Crippen molar-refractivity contribution in [3.63, 3.8) is 0 Å². The predicted molar refractivity (Wildman–Crippen MR) is 143 cm³/mol. The molecule has 0 saturated carbocycles. The first kappa shape index (κ1) is 26.4. The number of morpholine rings is 1. The molecule has 194 valence electrons. The Hall–Kier alpha value is -3.69. The number of para-hydroxylation sites is 1. The van der Waals surface area contributed by atoms with Gasteiger partial charge < -0.3 is 15.0 Å². The van der Waals surface area contributed by atoms with Gasteiger partial charge in [-0.05, 0) is 56.7 Å². The summed E-state index contributed by atoms with van der Waals surface area (Å²) in [5.74, 6) is -0.768. The Morgan fingerprint density at radius 2 is 1.57 bits per heavy atom. The van der Waals surface area contributed by atoms with Crippen molar-refractivity contribution < 1.29 is 22.7 Å². The SMILES string of the molecule is Cc1ccc(S(=O)(=O)N(CC(=O)Nc2ccccc2C(=O)N2CCOCC2)c2ccc(C)cc2C)cc1. The smallest absolute Gasteiger partial charge is 0.264 e. The van der Waals surface area contributed by atoms with Crippen LogP contribution < -0.4 is 9.62 Å². The molecule has 8 nitrogen and oxygen atoms in total. The van der Waals surface area contributed by atoms with Crippen LogP contribution in [0.3, 0.4) is 0 Å². The van der Waals surface area contributed by atoms with Crippen molar-refractivity contribution in [2.75, 3.05) is 42.5 Å². The van der Waals surface area contributed by atoms with Gasteiger partial charge in [0, 0.05) is 13.1 Å². The Labute approximate surface area is 217 Å². The number of carbonyl (C=O) groups is 2. The molecule has 3 aromatic carbocycles. The molecule has 0 atom stereocenters. The topological polar surface area (TPSA) is 96.0 Å². The summed E-state index contributed by atoms with van der Waals surface area (Å²) in [6, 6.07) is 18.7. The molecule has 9 heteroatoms. The summed E-state index contributed by atoms with van der Waals surface area (Å²) in [7, 11) is -4.05. The van der Waals surface area contributed by atoms with E-state index in [0.717, 1.165) is 21.0 Å². The van der Waals surface area contributed by atoms with Crippen molar-refractivity contribution in [3.8, 4) is 0 Å². The fraction of sp³-hybridized carbons (Fsp3) is 0.286. The van der Waals surface area contributed by atoms with E-state index in [9.17, 15) is 18.0 Å². The second kappa shape index (κ2) is 11.1. The van der Waals surface area contributed by atoms with Crippen LogP contribution in [0.1, 0.15) is 27.0 Å². The van der Waals surface area contributed by atoms with Crippen LogP contribution in [0.15, 0.2) is 71.6 Å². The second-order valence-electron chi connectivity index (χ2n) is 9.11. The lowest BCUT2D eigenvalue weighted by atomic mass is 10.1. The van der Waals surface area contributed by atoms with Crippen molar-refractivity contribution in [3.05, 3.63) is 89.0 Å². The normalized spacial score (nSPS) is 13.8. The zero-order valence-corrected chi connectivity index (χ0v) is 22.0. The van der Waals surface area contributed by atoms with E-state index in [4.69, 9.17) is 4.74 Å². The van der Waals surface area contributed by atoms with Crippen molar-refractivity contribution >= 4 is 33.2 Å². The largest absolute Gasteiger partial charge is 0.378 e. The number of ether oxygens (including phenoxy) is 1. The number of carbonyl (C=O) groups excluding carboxylic acids is 2. The number of nitrogens with zero attached hydrogens (tertiary/aromatic N) is 2. The third-order valence-electron chi connectivity index (χ3n) is 6.25. The molecule has 1 heterocycles. The molecule has 0 spiro atoms. The van der Waals surface area contributed by atoms with E-state index in [1.165, 1.54) is 12.1 Å². The molecule has 1 fully saturated rings. The van der Waals surface area contributed by atoms with Crippen LogP contribution in [-0.4, -0.2) is 58.0 Å². The summed E-state index contributed by atoms with van der Waals surface area (Å²) < 4.78 is 33.9. The molecule has 1 N–H and O–H groups in total. The molecule has 0 radical (unpaired) electrons. The molecule has 3 aromatic rings. The van der Waals surface area contributed by atoms with Crippen LogP contribution in [0.2, 0.25) is 0 Å². The van der Waals surface area contributed by atoms with Crippen LogP contribution in [0, 0.1) is 20.8 Å². The number of rotatable bonds is 7. The van der Waals surface area contributed by atoms with Gasteiger partial charge in [-0.25, -0.2) is 8.42 Å². The van der Waals surface area contributed by atoms with Gasteiger partial charge in [0.15, 0.2) is 0 Å². The minimum Gasteiger partial charge on any atom is -0.378 e. The molecule has 1 saturated heterocycles. The number of anilines is 2. The van der Waals surface area contributed by atoms with Gasteiger partial charge in [0.2, 0.25) is 5.91 Å². The summed E-state index contributed by atoms with van der Waals surface area (Å²) >= 11 is 0. The van der Waals surface area contributed by atoms with Crippen LogP contribution in [0.25, 0.3) is 0 Å². The molecule has 37 heavy (non-hydrogen) atoms. The third kappa shape index (κ3) is 6.00. The highest BCUT2D eigenvalue weighted by molar-refractivity contribution is 7.92. The maximum Gasteiger partial charge on any atom is 0.264 e. The first-order chi connectivity index (χ1) is 17.7. The minimum absolute atomic E-state index is 0.0915. The number of amides is 2. The molecule has 1 aliphatic heterocycles. The van der Waals surface area contributed by atoms with Gasteiger partial charge in [-0.2, -0.15) is 0 Å². The van der Waals surface area contributed by atoms with Crippen LogP contribution >= 0.6 is 0 Å². The van der Waals surface area contributed by atoms with Crippen molar-refractivity contribution in [1.82, 2.24) is 4.90 Å². The molecular formula is C28H31N3O5S. The van der Waals surface area contributed by atoms with E-state index in [0.29, 0.717) is 43.2 Å². The van der Waals surface area contributed by atoms with Gasteiger partial charge in [-0.15, -0.1) is 0 Å². The predicted octanol–water partition coefficient (Wildman–Crippen LogP) is 3.92. The average molecular weight is 522 g/mol.